The Morgan fingerprint density at radius 3 is 2.62 bits per heavy atom. The molecule has 0 saturated heterocycles. The molecule has 0 atom stereocenters. The Morgan fingerprint density at radius 2 is 1.92 bits per heavy atom. The molecule has 2 aromatic heterocycles. The SMILES string of the molecule is Fc1ncccc1-c1cccnc1. The van der Waals surface area contributed by atoms with Crippen LogP contribution in [0.1, 0.15) is 0 Å². The molecule has 0 unspecified atom stereocenters. The first-order valence-electron chi connectivity index (χ1n) is 3.89. The second kappa shape index (κ2) is 3.31. The van der Waals surface area contributed by atoms with Crippen LogP contribution in [-0.2, 0) is 0 Å². The van der Waals surface area contributed by atoms with Gasteiger partial charge in [0.1, 0.15) is 0 Å². The molecule has 0 aromatic carbocycles. The van der Waals surface area contributed by atoms with E-state index in [-0.39, 0.29) is 0 Å². The zero-order valence-electron chi connectivity index (χ0n) is 6.81. The molecule has 0 radical (unpaired) electrons. The van der Waals surface area contributed by atoms with Crippen molar-refractivity contribution in [2.45, 2.75) is 0 Å². The van der Waals surface area contributed by atoms with E-state index >= 15 is 0 Å². The highest BCUT2D eigenvalue weighted by atomic mass is 19.1. The van der Waals surface area contributed by atoms with Gasteiger partial charge in [-0.25, -0.2) is 4.98 Å². The fraction of sp³-hybridized carbons (Fsp3) is 0. The van der Waals surface area contributed by atoms with E-state index in [1.807, 2.05) is 0 Å². The summed E-state index contributed by atoms with van der Waals surface area (Å²) in [5.41, 5.74) is 1.23. The van der Waals surface area contributed by atoms with Crippen LogP contribution in [-0.4, -0.2) is 9.97 Å². The molecular formula is C10H7FN2. The van der Waals surface area contributed by atoms with Gasteiger partial charge >= 0.3 is 0 Å². The minimum Gasteiger partial charge on any atom is -0.264 e. The topological polar surface area (TPSA) is 25.8 Å². The van der Waals surface area contributed by atoms with Gasteiger partial charge in [0, 0.05) is 29.7 Å². The van der Waals surface area contributed by atoms with Crippen molar-refractivity contribution in [1.82, 2.24) is 9.97 Å². The molecule has 0 bridgehead atoms. The van der Waals surface area contributed by atoms with E-state index in [0.29, 0.717) is 5.56 Å². The van der Waals surface area contributed by atoms with E-state index < -0.39 is 5.95 Å². The Labute approximate surface area is 75.1 Å². The van der Waals surface area contributed by atoms with Gasteiger partial charge in [0.2, 0.25) is 5.95 Å². The van der Waals surface area contributed by atoms with E-state index in [1.165, 1.54) is 6.20 Å². The Morgan fingerprint density at radius 1 is 1.08 bits per heavy atom. The number of rotatable bonds is 1. The number of aromatic nitrogens is 2. The summed E-state index contributed by atoms with van der Waals surface area (Å²) in [4.78, 5) is 7.47. The van der Waals surface area contributed by atoms with Crippen LogP contribution in [0.25, 0.3) is 11.1 Å². The van der Waals surface area contributed by atoms with E-state index in [1.54, 1.807) is 36.7 Å². The van der Waals surface area contributed by atoms with Crippen LogP contribution in [0.5, 0.6) is 0 Å². The highest BCUT2D eigenvalue weighted by Gasteiger charge is 2.03. The Bertz CT molecular complexity index is 401. The van der Waals surface area contributed by atoms with E-state index in [0.717, 1.165) is 5.56 Å². The molecule has 2 rings (SSSR count). The third-order valence-corrected chi connectivity index (χ3v) is 1.73. The minimum absolute atomic E-state index is 0.462. The molecular weight excluding hydrogens is 167 g/mol. The number of nitrogens with zero attached hydrogens (tertiary/aromatic N) is 2. The van der Waals surface area contributed by atoms with Gasteiger partial charge < -0.3 is 0 Å². The standard InChI is InChI=1S/C10H7FN2/c11-10-9(4-2-6-13-10)8-3-1-5-12-7-8/h1-7H. The van der Waals surface area contributed by atoms with Gasteiger partial charge in [-0.2, -0.15) is 4.39 Å². The van der Waals surface area contributed by atoms with Crippen LogP contribution < -0.4 is 0 Å². The van der Waals surface area contributed by atoms with Gasteiger partial charge in [0.15, 0.2) is 0 Å². The van der Waals surface area contributed by atoms with Gasteiger partial charge in [0.25, 0.3) is 0 Å². The lowest BCUT2D eigenvalue weighted by atomic mass is 10.1. The fourth-order valence-corrected chi connectivity index (χ4v) is 1.12. The highest BCUT2D eigenvalue weighted by molar-refractivity contribution is 5.61. The molecule has 0 aliphatic carbocycles. The van der Waals surface area contributed by atoms with Crippen molar-refractivity contribution in [2.75, 3.05) is 0 Å². The quantitative estimate of drug-likeness (QED) is 0.620. The molecule has 2 aromatic rings. The molecule has 0 fully saturated rings. The smallest absolute Gasteiger partial charge is 0.220 e. The van der Waals surface area contributed by atoms with Crippen molar-refractivity contribution in [3.63, 3.8) is 0 Å². The van der Waals surface area contributed by atoms with Gasteiger partial charge in [-0.1, -0.05) is 6.07 Å². The maximum Gasteiger partial charge on any atom is 0.220 e. The van der Waals surface area contributed by atoms with Crippen LogP contribution in [0, 0.1) is 5.95 Å². The average Bonchev–Trinajstić information content (AvgIpc) is 2.20. The van der Waals surface area contributed by atoms with Crippen molar-refractivity contribution in [2.24, 2.45) is 0 Å². The number of hydrogen-bond acceptors (Lipinski definition) is 2. The molecule has 2 nitrogen and oxygen atoms in total. The summed E-state index contributed by atoms with van der Waals surface area (Å²) in [6.45, 7) is 0. The van der Waals surface area contributed by atoms with Gasteiger partial charge in [-0.3, -0.25) is 4.98 Å². The lowest BCUT2D eigenvalue weighted by molar-refractivity contribution is 0.587. The summed E-state index contributed by atoms with van der Waals surface area (Å²) in [6, 6.07) is 6.94. The van der Waals surface area contributed by atoms with Crippen LogP contribution in [0.3, 0.4) is 0 Å². The molecule has 64 valence electrons. The van der Waals surface area contributed by atoms with E-state index in [9.17, 15) is 4.39 Å². The summed E-state index contributed by atoms with van der Waals surface area (Å²) in [5, 5.41) is 0. The van der Waals surface area contributed by atoms with Crippen molar-refractivity contribution in [3.05, 3.63) is 48.8 Å². The fourth-order valence-electron chi connectivity index (χ4n) is 1.12. The predicted molar refractivity (Wildman–Crippen MR) is 47.4 cm³/mol. The van der Waals surface area contributed by atoms with Crippen LogP contribution >= 0.6 is 0 Å². The lowest BCUT2D eigenvalue weighted by Gasteiger charge is -1.99. The van der Waals surface area contributed by atoms with Crippen molar-refractivity contribution in [3.8, 4) is 11.1 Å². The number of halogens is 1. The largest absolute Gasteiger partial charge is 0.264 e. The van der Waals surface area contributed by atoms with Crippen molar-refractivity contribution < 1.29 is 4.39 Å². The molecule has 3 heteroatoms. The number of hydrogen-bond donors (Lipinski definition) is 0. The minimum atomic E-state index is -0.462. The van der Waals surface area contributed by atoms with Gasteiger partial charge in [0.05, 0.1) is 0 Å². The van der Waals surface area contributed by atoms with E-state index in [2.05, 4.69) is 9.97 Å². The Kier molecular flexibility index (Phi) is 2.00. The third kappa shape index (κ3) is 1.54. The molecule has 0 aliphatic heterocycles. The predicted octanol–water partition coefficient (Wildman–Crippen LogP) is 2.28. The monoisotopic (exact) mass is 174 g/mol. The number of pyridine rings is 2. The Balaban J connectivity index is 2.54. The molecule has 13 heavy (non-hydrogen) atoms. The lowest BCUT2D eigenvalue weighted by Crippen LogP contribution is -1.87. The maximum atomic E-state index is 13.1. The Hall–Kier alpha value is -1.77. The summed E-state index contributed by atoms with van der Waals surface area (Å²) in [6.07, 6.45) is 4.69. The molecule has 0 N–H and O–H groups in total. The zero-order valence-corrected chi connectivity index (χ0v) is 6.81. The van der Waals surface area contributed by atoms with Crippen LogP contribution in [0.15, 0.2) is 42.9 Å². The first kappa shape index (κ1) is 7.86. The van der Waals surface area contributed by atoms with Crippen LogP contribution in [0.4, 0.5) is 4.39 Å². The van der Waals surface area contributed by atoms with Crippen molar-refractivity contribution in [1.29, 1.82) is 0 Å². The first-order chi connectivity index (χ1) is 6.38. The molecule has 2 heterocycles. The molecule has 0 aliphatic rings. The normalized spacial score (nSPS) is 9.92. The second-order valence-electron chi connectivity index (χ2n) is 2.58. The summed E-state index contributed by atoms with van der Waals surface area (Å²) in [7, 11) is 0. The highest BCUT2D eigenvalue weighted by Crippen LogP contribution is 2.18. The maximum absolute atomic E-state index is 13.1. The molecule has 0 amide bonds. The van der Waals surface area contributed by atoms with E-state index in [4.69, 9.17) is 0 Å². The second-order valence-corrected chi connectivity index (χ2v) is 2.58. The molecule has 0 saturated carbocycles. The van der Waals surface area contributed by atoms with Gasteiger partial charge in [-0.05, 0) is 18.2 Å². The summed E-state index contributed by atoms with van der Waals surface area (Å²) < 4.78 is 13.1. The summed E-state index contributed by atoms with van der Waals surface area (Å²) >= 11 is 0. The average molecular weight is 174 g/mol. The van der Waals surface area contributed by atoms with Crippen molar-refractivity contribution >= 4 is 0 Å². The summed E-state index contributed by atoms with van der Waals surface area (Å²) in [5.74, 6) is -0.462. The van der Waals surface area contributed by atoms with Crippen LogP contribution in [0.2, 0.25) is 0 Å². The molecule has 0 spiro atoms. The first-order valence-corrected chi connectivity index (χ1v) is 3.89. The zero-order chi connectivity index (χ0) is 9.10. The third-order valence-electron chi connectivity index (χ3n) is 1.73. The van der Waals surface area contributed by atoms with Gasteiger partial charge in [-0.15, -0.1) is 0 Å².